The molecule has 0 aromatic heterocycles. The summed E-state index contributed by atoms with van der Waals surface area (Å²) < 4.78 is 17.1. The molecule has 0 unspecified atom stereocenters. The van der Waals surface area contributed by atoms with Gasteiger partial charge in [0, 0.05) is 71.0 Å². The molecule has 188 valence electrons. The Balaban J connectivity index is 1.89. The van der Waals surface area contributed by atoms with Gasteiger partial charge in [-0.2, -0.15) is 0 Å². The molecule has 0 spiro atoms. The van der Waals surface area contributed by atoms with E-state index in [1.54, 1.807) is 49.1 Å². The third-order valence-electron chi connectivity index (χ3n) is 6.71. The standard InChI is InChI=1S/C25H37N3O6/c1-16-13-28(18(3)29)17(2)15-34-22-12-20(26-24(30)19-8-10-33-11-9-19)6-7-21(22)25(31)27(4)14-23(16)32-5/h6-7,12,16-17,19,23H,8-11,13-15H2,1-5H3,(H,26,30)/t16-,17+,23+/m1/s1. The molecule has 1 N–H and O–H groups in total. The summed E-state index contributed by atoms with van der Waals surface area (Å²) in [6.07, 6.45) is 1.15. The maximum atomic E-state index is 13.3. The van der Waals surface area contributed by atoms with E-state index in [-0.39, 0.29) is 48.3 Å². The molecule has 3 atom stereocenters. The van der Waals surface area contributed by atoms with Crippen molar-refractivity contribution in [2.24, 2.45) is 11.8 Å². The minimum Gasteiger partial charge on any atom is -0.491 e. The normalized spacial score (nSPS) is 25.0. The molecule has 0 aliphatic carbocycles. The van der Waals surface area contributed by atoms with Crippen molar-refractivity contribution in [3.63, 3.8) is 0 Å². The molecular weight excluding hydrogens is 438 g/mol. The first kappa shape index (κ1) is 26.0. The number of nitrogens with one attached hydrogen (secondary N) is 1. The lowest BCUT2D eigenvalue weighted by atomic mass is 9.99. The highest BCUT2D eigenvalue weighted by Crippen LogP contribution is 2.28. The minimum atomic E-state index is -0.232. The highest BCUT2D eigenvalue weighted by Gasteiger charge is 2.29. The lowest BCUT2D eigenvalue weighted by Crippen LogP contribution is -2.48. The Morgan fingerprint density at radius 2 is 1.85 bits per heavy atom. The van der Waals surface area contributed by atoms with E-state index in [0.717, 1.165) is 0 Å². The van der Waals surface area contributed by atoms with E-state index >= 15 is 0 Å². The molecule has 0 radical (unpaired) electrons. The fourth-order valence-corrected chi connectivity index (χ4v) is 4.49. The van der Waals surface area contributed by atoms with Gasteiger partial charge in [0.2, 0.25) is 11.8 Å². The summed E-state index contributed by atoms with van der Waals surface area (Å²) in [5.41, 5.74) is 0.966. The number of hydrogen-bond acceptors (Lipinski definition) is 6. The molecule has 3 amide bonds. The van der Waals surface area contributed by atoms with Crippen LogP contribution >= 0.6 is 0 Å². The van der Waals surface area contributed by atoms with Crippen LogP contribution in [-0.2, 0) is 19.1 Å². The van der Waals surface area contributed by atoms with Crippen LogP contribution in [0.15, 0.2) is 18.2 Å². The zero-order chi connectivity index (χ0) is 24.8. The van der Waals surface area contributed by atoms with E-state index in [2.05, 4.69) is 5.32 Å². The maximum absolute atomic E-state index is 13.3. The average Bonchev–Trinajstić information content (AvgIpc) is 2.83. The smallest absolute Gasteiger partial charge is 0.257 e. The van der Waals surface area contributed by atoms with Crippen molar-refractivity contribution in [2.75, 3.05) is 52.4 Å². The van der Waals surface area contributed by atoms with Crippen LogP contribution in [0.4, 0.5) is 5.69 Å². The van der Waals surface area contributed by atoms with Crippen molar-refractivity contribution in [1.29, 1.82) is 0 Å². The van der Waals surface area contributed by atoms with Crippen molar-refractivity contribution >= 4 is 23.4 Å². The zero-order valence-corrected chi connectivity index (χ0v) is 20.8. The lowest BCUT2D eigenvalue weighted by molar-refractivity contribution is -0.133. The predicted molar refractivity (Wildman–Crippen MR) is 128 cm³/mol. The number of hydrogen-bond donors (Lipinski definition) is 1. The second-order valence-corrected chi connectivity index (χ2v) is 9.36. The lowest BCUT2D eigenvalue weighted by Gasteiger charge is -2.35. The number of fused-ring (bicyclic) bond motifs is 1. The number of nitrogens with zero attached hydrogens (tertiary/aromatic N) is 2. The first-order chi connectivity index (χ1) is 16.2. The predicted octanol–water partition coefficient (Wildman–Crippen LogP) is 2.40. The fourth-order valence-electron chi connectivity index (χ4n) is 4.49. The maximum Gasteiger partial charge on any atom is 0.257 e. The molecule has 9 heteroatoms. The molecule has 1 fully saturated rings. The van der Waals surface area contributed by atoms with Crippen LogP contribution in [0.5, 0.6) is 5.75 Å². The summed E-state index contributed by atoms with van der Waals surface area (Å²) in [7, 11) is 3.35. The monoisotopic (exact) mass is 475 g/mol. The number of amides is 3. The first-order valence-electron chi connectivity index (χ1n) is 11.9. The summed E-state index contributed by atoms with van der Waals surface area (Å²) in [4.78, 5) is 41.7. The second-order valence-electron chi connectivity index (χ2n) is 9.36. The SMILES string of the molecule is CO[C@H]1CN(C)C(=O)c2ccc(NC(=O)C3CCOCC3)cc2OC[C@H](C)N(C(C)=O)C[C@H]1C. The number of carbonyl (C=O) groups excluding carboxylic acids is 3. The molecule has 34 heavy (non-hydrogen) atoms. The van der Waals surface area contributed by atoms with E-state index in [4.69, 9.17) is 14.2 Å². The Bertz CT molecular complexity index is 885. The zero-order valence-electron chi connectivity index (χ0n) is 20.8. The van der Waals surface area contributed by atoms with Crippen molar-refractivity contribution in [2.45, 2.75) is 45.8 Å². The highest BCUT2D eigenvalue weighted by atomic mass is 16.5. The topological polar surface area (TPSA) is 97.4 Å². The Labute approximate surface area is 201 Å². The number of likely N-dealkylation sites (N-methyl/N-ethyl adjacent to an activating group) is 1. The molecule has 2 aliphatic rings. The van der Waals surface area contributed by atoms with Crippen LogP contribution in [-0.4, -0.2) is 86.7 Å². The van der Waals surface area contributed by atoms with Gasteiger partial charge in [-0.05, 0) is 31.9 Å². The van der Waals surface area contributed by atoms with E-state index < -0.39 is 0 Å². The quantitative estimate of drug-likeness (QED) is 0.721. The first-order valence-corrected chi connectivity index (χ1v) is 11.9. The Kier molecular flexibility index (Phi) is 8.90. The van der Waals surface area contributed by atoms with Crippen molar-refractivity contribution in [3.05, 3.63) is 23.8 Å². The van der Waals surface area contributed by atoms with E-state index in [0.29, 0.717) is 56.1 Å². The van der Waals surface area contributed by atoms with Gasteiger partial charge >= 0.3 is 0 Å². The molecule has 3 rings (SSSR count). The van der Waals surface area contributed by atoms with Crippen molar-refractivity contribution < 1.29 is 28.6 Å². The van der Waals surface area contributed by atoms with E-state index in [1.807, 2.05) is 13.8 Å². The molecule has 9 nitrogen and oxygen atoms in total. The summed E-state index contributed by atoms with van der Waals surface area (Å²) in [5.74, 6) is 0.00136. The third kappa shape index (κ3) is 6.27. The molecule has 2 aliphatic heterocycles. The van der Waals surface area contributed by atoms with Gasteiger partial charge < -0.3 is 29.3 Å². The Morgan fingerprint density at radius 1 is 1.15 bits per heavy atom. The molecular formula is C25H37N3O6. The van der Waals surface area contributed by atoms with Gasteiger partial charge in [0.1, 0.15) is 12.4 Å². The fraction of sp³-hybridized carbons (Fsp3) is 0.640. The molecule has 1 saturated heterocycles. The Morgan fingerprint density at radius 3 is 2.50 bits per heavy atom. The largest absolute Gasteiger partial charge is 0.491 e. The van der Waals surface area contributed by atoms with Gasteiger partial charge in [-0.1, -0.05) is 6.92 Å². The average molecular weight is 476 g/mol. The van der Waals surface area contributed by atoms with Crippen LogP contribution in [0.1, 0.15) is 44.0 Å². The third-order valence-corrected chi connectivity index (χ3v) is 6.71. The Hall–Kier alpha value is -2.65. The molecule has 2 heterocycles. The van der Waals surface area contributed by atoms with Gasteiger partial charge in [-0.25, -0.2) is 0 Å². The van der Waals surface area contributed by atoms with Crippen LogP contribution in [0.3, 0.4) is 0 Å². The van der Waals surface area contributed by atoms with E-state index in [1.165, 1.54) is 0 Å². The van der Waals surface area contributed by atoms with Crippen molar-refractivity contribution in [1.82, 2.24) is 9.80 Å². The summed E-state index contributed by atoms with van der Waals surface area (Å²) in [6.45, 7) is 7.73. The summed E-state index contributed by atoms with van der Waals surface area (Å²) >= 11 is 0. The highest BCUT2D eigenvalue weighted by molar-refractivity contribution is 5.98. The number of ether oxygens (including phenoxy) is 3. The number of methoxy groups -OCH3 is 1. The number of anilines is 1. The van der Waals surface area contributed by atoms with Crippen LogP contribution in [0, 0.1) is 11.8 Å². The van der Waals surface area contributed by atoms with Gasteiger partial charge in [0.05, 0.1) is 17.7 Å². The van der Waals surface area contributed by atoms with Gasteiger partial charge in [0.15, 0.2) is 0 Å². The molecule has 0 bridgehead atoms. The molecule has 1 aromatic carbocycles. The van der Waals surface area contributed by atoms with E-state index in [9.17, 15) is 14.4 Å². The molecule has 0 saturated carbocycles. The minimum absolute atomic E-state index is 0.0215. The van der Waals surface area contributed by atoms with Crippen LogP contribution in [0.25, 0.3) is 0 Å². The van der Waals surface area contributed by atoms with Crippen LogP contribution in [0.2, 0.25) is 0 Å². The second kappa shape index (κ2) is 11.7. The van der Waals surface area contributed by atoms with Gasteiger partial charge in [0.25, 0.3) is 5.91 Å². The number of carbonyl (C=O) groups is 3. The van der Waals surface area contributed by atoms with Gasteiger partial charge in [-0.3, -0.25) is 14.4 Å². The number of rotatable bonds is 3. The van der Waals surface area contributed by atoms with Crippen molar-refractivity contribution in [3.8, 4) is 5.75 Å². The van der Waals surface area contributed by atoms with Gasteiger partial charge in [-0.15, -0.1) is 0 Å². The molecule has 1 aromatic rings. The summed E-state index contributed by atoms with van der Waals surface area (Å²) in [6, 6.07) is 4.88. The number of benzene rings is 1. The van der Waals surface area contributed by atoms with Crippen LogP contribution < -0.4 is 10.1 Å². The summed E-state index contributed by atoms with van der Waals surface area (Å²) in [5, 5.41) is 2.95.